The summed E-state index contributed by atoms with van der Waals surface area (Å²) in [5, 5.41) is 0. The standard InChI is InChI=1S/C14H22O4Si/c1-11(15)17-10-14-13(16-2)7-6-12(18-14)8-9-19(3,4)5/h6-7,12-14H,10H2,1-5H3/t12-,13+,14+/m0/s1. The van der Waals surface area contributed by atoms with Crippen molar-refractivity contribution in [3.8, 4) is 11.5 Å². The second-order valence-corrected chi connectivity index (χ2v) is 10.3. The van der Waals surface area contributed by atoms with Crippen molar-refractivity contribution >= 4 is 14.0 Å². The Morgan fingerprint density at radius 3 is 2.58 bits per heavy atom. The third-order valence-electron chi connectivity index (χ3n) is 2.48. The summed E-state index contributed by atoms with van der Waals surface area (Å²) in [6, 6.07) is 0. The van der Waals surface area contributed by atoms with Gasteiger partial charge in [0.05, 0.1) is 0 Å². The number of methoxy groups -OCH3 is 1. The number of hydrogen-bond donors (Lipinski definition) is 0. The third-order valence-corrected chi connectivity index (χ3v) is 3.37. The van der Waals surface area contributed by atoms with Gasteiger partial charge in [-0.2, -0.15) is 0 Å². The maximum absolute atomic E-state index is 10.9. The maximum Gasteiger partial charge on any atom is 0.302 e. The molecular formula is C14H22O4Si. The molecule has 106 valence electrons. The number of carbonyl (C=O) groups is 1. The van der Waals surface area contributed by atoms with Gasteiger partial charge in [0.25, 0.3) is 0 Å². The Kier molecular flexibility index (Phi) is 5.79. The molecule has 0 unspecified atom stereocenters. The van der Waals surface area contributed by atoms with Gasteiger partial charge in [-0.05, 0) is 6.08 Å². The zero-order chi connectivity index (χ0) is 14.5. The van der Waals surface area contributed by atoms with Crippen molar-refractivity contribution in [3.05, 3.63) is 12.2 Å². The molecule has 4 nitrogen and oxygen atoms in total. The van der Waals surface area contributed by atoms with Crippen LogP contribution in [0.3, 0.4) is 0 Å². The molecule has 19 heavy (non-hydrogen) atoms. The van der Waals surface area contributed by atoms with Gasteiger partial charge in [0.15, 0.2) is 0 Å². The van der Waals surface area contributed by atoms with E-state index in [9.17, 15) is 4.79 Å². The fraction of sp³-hybridized carbons (Fsp3) is 0.643. The Balaban J connectivity index is 2.69. The minimum absolute atomic E-state index is 0.184. The van der Waals surface area contributed by atoms with Gasteiger partial charge >= 0.3 is 5.97 Å². The molecule has 3 atom stereocenters. The predicted molar refractivity (Wildman–Crippen MR) is 76.4 cm³/mol. The molecule has 1 aliphatic rings. The van der Waals surface area contributed by atoms with Crippen LogP contribution in [-0.2, 0) is 19.0 Å². The zero-order valence-electron chi connectivity index (χ0n) is 12.2. The molecule has 0 aromatic heterocycles. The molecule has 0 radical (unpaired) electrons. The van der Waals surface area contributed by atoms with Crippen molar-refractivity contribution in [2.75, 3.05) is 13.7 Å². The highest BCUT2D eigenvalue weighted by Gasteiger charge is 2.27. The molecule has 1 heterocycles. The lowest BCUT2D eigenvalue weighted by Gasteiger charge is -2.29. The van der Waals surface area contributed by atoms with Crippen molar-refractivity contribution in [1.29, 1.82) is 0 Å². The van der Waals surface area contributed by atoms with Crippen LogP contribution in [0.1, 0.15) is 6.92 Å². The van der Waals surface area contributed by atoms with E-state index in [4.69, 9.17) is 14.2 Å². The lowest BCUT2D eigenvalue weighted by molar-refractivity contribution is -0.150. The summed E-state index contributed by atoms with van der Waals surface area (Å²) in [4.78, 5) is 10.9. The van der Waals surface area contributed by atoms with Crippen molar-refractivity contribution in [3.63, 3.8) is 0 Å². The molecule has 0 N–H and O–H groups in total. The normalized spacial score (nSPS) is 26.5. The van der Waals surface area contributed by atoms with Gasteiger partial charge in [-0.25, -0.2) is 0 Å². The summed E-state index contributed by atoms with van der Waals surface area (Å²) in [5.74, 6) is 2.81. The quantitative estimate of drug-likeness (QED) is 0.342. The van der Waals surface area contributed by atoms with E-state index < -0.39 is 8.07 Å². The van der Waals surface area contributed by atoms with Crippen LogP contribution in [0.2, 0.25) is 19.6 Å². The first-order valence-electron chi connectivity index (χ1n) is 6.34. The van der Waals surface area contributed by atoms with Crippen LogP contribution < -0.4 is 0 Å². The summed E-state index contributed by atoms with van der Waals surface area (Å²) < 4.78 is 16.1. The fourth-order valence-electron chi connectivity index (χ4n) is 1.58. The van der Waals surface area contributed by atoms with E-state index in [2.05, 4.69) is 31.1 Å². The third kappa shape index (κ3) is 6.06. The smallest absolute Gasteiger partial charge is 0.302 e. The number of ether oxygens (including phenoxy) is 3. The Bertz CT molecular complexity index is 400. The summed E-state index contributed by atoms with van der Waals surface area (Å²) >= 11 is 0. The minimum atomic E-state index is -1.42. The van der Waals surface area contributed by atoms with Gasteiger partial charge < -0.3 is 14.2 Å². The van der Waals surface area contributed by atoms with Crippen molar-refractivity contribution in [2.24, 2.45) is 0 Å². The molecular weight excluding hydrogens is 260 g/mol. The lowest BCUT2D eigenvalue weighted by atomic mass is 10.1. The summed E-state index contributed by atoms with van der Waals surface area (Å²) in [6.45, 7) is 8.11. The van der Waals surface area contributed by atoms with Crippen LogP contribution in [0.15, 0.2) is 12.2 Å². The number of hydrogen-bond acceptors (Lipinski definition) is 4. The number of esters is 1. The first kappa shape index (κ1) is 16.0. The summed E-state index contributed by atoms with van der Waals surface area (Å²) in [6.07, 6.45) is 3.05. The number of rotatable bonds is 3. The van der Waals surface area contributed by atoms with Gasteiger partial charge in [-0.1, -0.05) is 31.6 Å². The Morgan fingerprint density at radius 2 is 2.05 bits per heavy atom. The van der Waals surface area contributed by atoms with Gasteiger partial charge in [0, 0.05) is 14.0 Å². The Morgan fingerprint density at radius 1 is 1.37 bits per heavy atom. The Hall–Kier alpha value is -1.09. The lowest BCUT2D eigenvalue weighted by Crippen LogP contribution is -2.40. The van der Waals surface area contributed by atoms with Crippen LogP contribution >= 0.6 is 0 Å². The topological polar surface area (TPSA) is 44.8 Å². The molecule has 0 spiro atoms. The van der Waals surface area contributed by atoms with Crippen LogP contribution in [0.4, 0.5) is 0 Å². The van der Waals surface area contributed by atoms with Gasteiger partial charge in [-0.3, -0.25) is 4.79 Å². The van der Waals surface area contributed by atoms with E-state index in [1.54, 1.807) is 7.11 Å². The van der Waals surface area contributed by atoms with Crippen molar-refractivity contribution < 1.29 is 19.0 Å². The maximum atomic E-state index is 10.9. The van der Waals surface area contributed by atoms with Gasteiger partial charge in [0.2, 0.25) is 0 Å². The van der Waals surface area contributed by atoms with E-state index in [-0.39, 0.29) is 30.9 Å². The van der Waals surface area contributed by atoms with Crippen LogP contribution in [0, 0.1) is 11.5 Å². The first-order valence-corrected chi connectivity index (χ1v) is 9.84. The SMILES string of the molecule is CO[C@@H]1C=C[C@@H](C#C[Si](C)(C)C)O[C@@H]1COC(C)=O. The molecule has 0 amide bonds. The average molecular weight is 282 g/mol. The highest BCUT2D eigenvalue weighted by molar-refractivity contribution is 6.83. The second-order valence-electron chi connectivity index (χ2n) is 5.50. The molecule has 1 aliphatic heterocycles. The fourth-order valence-corrected chi connectivity index (χ4v) is 2.15. The second kappa shape index (κ2) is 6.90. The van der Waals surface area contributed by atoms with Crippen LogP contribution in [0.5, 0.6) is 0 Å². The van der Waals surface area contributed by atoms with Crippen molar-refractivity contribution in [2.45, 2.75) is 44.9 Å². The van der Waals surface area contributed by atoms with Crippen LogP contribution in [0.25, 0.3) is 0 Å². The van der Waals surface area contributed by atoms with E-state index in [0.717, 1.165) is 0 Å². The van der Waals surface area contributed by atoms with E-state index in [1.807, 2.05) is 12.2 Å². The van der Waals surface area contributed by atoms with E-state index in [1.165, 1.54) is 6.92 Å². The first-order chi connectivity index (χ1) is 8.81. The molecule has 1 rings (SSSR count). The van der Waals surface area contributed by atoms with Gasteiger partial charge in [-0.15, -0.1) is 5.54 Å². The summed E-state index contributed by atoms with van der Waals surface area (Å²) in [5.41, 5.74) is 3.27. The predicted octanol–water partition coefficient (Wildman–Crippen LogP) is 1.77. The average Bonchev–Trinajstić information content (AvgIpc) is 2.33. The monoisotopic (exact) mass is 282 g/mol. The Labute approximate surface area is 116 Å². The molecule has 0 bridgehead atoms. The van der Waals surface area contributed by atoms with Crippen LogP contribution in [-0.4, -0.2) is 46.1 Å². The minimum Gasteiger partial charge on any atom is -0.463 e. The number of carbonyl (C=O) groups excluding carboxylic acids is 1. The highest BCUT2D eigenvalue weighted by atomic mass is 28.3. The molecule has 5 heteroatoms. The van der Waals surface area contributed by atoms with E-state index >= 15 is 0 Å². The van der Waals surface area contributed by atoms with Gasteiger partial charge in [0.1, 0.15) is 33.0 Å². The highest BCUT2D eigenvalue weighted by Crippen LogP contribution is 2.16. The molecule has 0 aromatic rings. The van der Waals surface area contributed by atoms with Crippen molar-refractivity contribution in [1.82, 2.24) is 0 Å². The molecule has 0 aromatic carbocycles. The molecule has 0 saturated carbocycles. The largest absolute Gasteiger partial charge is 0.463 e. The molecule has 0 fully saturated rings. The van der Waals surface area contributed by atoms with E-state index in [0.29, 0.717) is 0 Å². The zero-order valence-corrected chi connectivity index (χ0v) is 13.2. The molecule has 0 aliphatic carbocycles. The summed E-state index contributed by atoms with van der Waals surface area (Å²) in [7, 11) is 0.188. The molecule has 0 saturated heterocycles.